The van der Waals surface area contributed by atoms with E-state index in [1.54, 1.807) is 22.8 Å². The lowest BCUT2D eigenvalue weighted by atomic mass is 9.77. The minimum atomic E-state index is -4.48. The van der Waals surface area contributed by atoms with Gasteiger partial charge in [-0.1, -0.05) is 165 Å². The van der Waals surface area contributed by atoms with Crippen LogP contribution in [0.15, 0.2) is 187 Å². The fourth-order valence-electron chi connectivity index (χ4n) is 8.41. The molecule has 0 spiro atoms. The Morgan fingerprint density at radius 3 is 1.84 bits per heavy atom. The zero-order chi connectivity index (χ0) is 44.1. The van der Waals surface area contributed by atoms with Crippen LogP contribution in [0, 0.1) is 0 Å². The smallest absolute Gasteiger partial charge is 0.416 e. The van der Waals surface area contributed by atoms with Crippen molar-refractivity contribution in [2.24, 2.45) is 0 Å². The first-order chi connectivity index (χ1) is 31.2. The Hall–Kier alpha value is -7.66. The van der Waals surface area contributed by atoms with E-state index in [1.807, 2.05) is 89.6 Å². The van der Waals surface area contributed by atoms with Gasteiger partial charge in [-0.15, -0.1) is 5.10 Å². The average molecular weight is 853 g/mol. The van der Waals surface area contributed by atoms with Gasteiger partial charge in [-0.25, -0.2) is 9.67 Å². The second kappa shape index (κ2) is 18.0. The summed E-state index contributed by atoms with van der Waals surface area (Å²) in [6.45, 7) is 2.37. The molecule has 8 nitrogen and oxygen atoms in total. The Bertz CT molecular complexity index is 2980. The Morgan fingerprint density at radius 2 is 1.22 bits per heavy atom. The summed E-state index contributed by atoms with van der Waals surface area (Å²) in [4.78, 5) is 19.3. The second-order valence-corrected chi connectivity index (χ2v) is 15.7. The molecule has 2 aromatic heterocycles. The third kappa shape index (κ3) is 8.20. The van der Waals surface area contributed by atoms with Crippen LogP contribution in [0.25, 0.3) is 33.4 Å². The van der Waals surface area contributed by atoms with Crippen LogP contribution in [0.1, 0.15) is 59.0 Å². The number of aryl methyl sites for hydroxylation is 1. The van der Waals surface area contributed by atoms with Gasteiger partial charge in [0.15, 0.2) is 5.82 Å². The van der Waals surface area contributed by atoms with Crippen molar-refractivity contribution >= 4 is 10.9 Å². The number of rotatable bonds is 14. The summed E-state index contributed by atoms with van der Waals surface area (Å²) in [5, 5.41) is 14.2. The van der Waals surface area contributed by atoms with Crippen LogP contribution in [0.3, 0.4) is 0 Å². The summed E-state index contributed by atoms with van der Waals surface area (Å²) < 4.78 is 49.3. The van der Waals surface area contributed by atoms with E-state index < -0.39 is 17.3 Å². The van der Waals surface area contributed by atoms with E-state index in [4.69, 9.17) is 20.0 Å². The molecule has 318 valence electrons. The molecule has 0 unspecified atom stereocenters. The largest absolute Gasteiger partial charge is 0.489 e. The first-order valence-corrected chi connectivity index (χ1v) is 21.2. The first-order valence-electron chi connectivity index (χ1n) is 21.2. The van der Waals surface area contributed by atoms with Crippen LogP contribution in [-0.4, -0.2) is 29.8 Å². The summed E-state index contributed by atoms with van der Waals surface area (Å²) in [5.74, 6) is 1.36. The molecule has 0 atom stereocenters. The standard InChI is InChI=1S/C53H43F3N6O2/c1-2-3-26-49-57-48-32-29-38(36-64-44-23-15-22-43(34-44)53(54,55)56)33-47(48)51(63)61(49)35-37-27-30-39(31-28-37)45-24-13-14-25-46(45)50-58-59-60-62(50)52(40-16-7-4-8-17-40,41-18-9-5-10-19-41)42-20-11-6-12-21-42/h4-25,27-34H,2-3,26,35-36H2,1H3. The molecule has 0 radical (unpaired) electrons. The maximum atomic E-state index is 14.3. The third-order valence-corrected chi connectivity index (χ3v) is 11.6. The highest BCUT2D eigenvalue weighted by Gasteiger charge is 2.42. The molecule has 0 aliphatic carbocycles. The van der Waals surface area contributed by atoms with Crippen molar-refractivity contribution in [3.63, 3.8) is 0 Å². The van der Waals surface area contributed by atoms with Gasteiger partial charge in [0.1, 0.15) is 23.7 Å². The maximum absolute atomic E-state index is 14.3. The maximum Gasteiger partial charge on any atom is 0.416 e. The van der Waals surface area contributed by atoms with Gasteiger partial charge in [0.2, 0.25) is 0 Å². The molecule has 7 aromatic carbocycles. The van der Waals surface area contributed by atoms with Crippen LogP contribution in [0.4, 0.5) is 13.2 Å². The van der Waals surface area contributed by atoms with Gasteiger partial charge in [-0.05, 0) is 86.1 Å². The summed E-state index contributed by atoms with van der Waals surface area (Å²) in [6, 6.07) is 57.1. The molecular weight excluding hydrogens is 810 g/mol. The molecule has 64 heavy (non-hydrogen) atoms. The van der Waals surface area contributed by atoms with Crippen molar-refractivity contribution in [2.45, 2.75) is 51.1 Å². The molecule has 0 aliphatic rings. The third-order valence-electron chi connectivity index (χ3n) is 11.6. The molecule has 0 amide bonds. The number of hydrogen-bond donors (Lipinski definition) is 0. The number of aromatic nitrogens is 6. The Kier molecular flexibility index (Phi) is 11.7. The first kappa shape index (κ1) is 41.7. The zero-order valence-corrected chi connectivity index (χ0v) is 35.0. The number of nitrogens with zero attached hydrogens (tertiary/aromatic N) is 6. The van der Waals surface area contributed by atoms with Crippen molar-refractivity contribution in [3.05, 3.63) is 232 Å². The van der Waals surface area contributed by atoms with Crippen molar-refractivity contribution in [1.82, 2.24) is 29.8 Å². The van der Waals surface area contributed by atoms with Crippen LogP contribution < -0.4 is 10.3 Å². The lowest BCUT2D eigenvalue weighted by Gasteiger charge is -2.36. The minimum Gasteiger partial charge on any atom is -0.489 e. The Morgan fingerprint density at radius 1 is 0.625 bits per heavy atom. The van der Waals surface area contributed by atoms with E-state index in [-0.39, 0.29) is 17.9 Å². The van der Waals surface area contributed by atoms with Gasteiger partial charge in [0.05, 0.1) is 23.0 Å². The number of halogens is 3. The SMILES string of the molecule is CCCCc1nc2ccc(COc3cccc(C(F)(F)F)c3)cc2c(=O)n1Cc1ccc(-c2ccccc2-c2nnnn2C(c2ccccc2)(c2ccccc2)c2ccccc2)cc1. The molecule has 0 fully saturated rings. The van der Waals surface area contributed by atoms with Gasteiger partial charge < -0.3 is 4.74 Å². The van der Waals surface area contributed by atoms with E-state index >= 15 is 0 Å². The lowest BCUT2D eigenvalue weighted by Crippen LogP contribution is -2.39. The van der Waals surface area contributed by atoms with Crippen molar-refractivity contribution in [2.75, 3.05) is 0 Å². The summed E-state index contributed by atoms with van der Waals surface area (Å²) in [7, 11) is 0. The topological polar surface area (TPSA) is 87.7 Å². The lowest BCUT2D eigenvalue weighted by molar-refractivity contribution is -0.137. The molecule has 0 bridgehead atoms. The highest BCUT2D eigenvalue weighted by atomic mass is 19.4. The van der Waals surface area contributed by atoms with Crippen molar-refractivity contribution < 1.29 is 17.9 Å². The highest BCUT2D eigenvalue weighted by molar-refractivity contribution is 5.81. The van der Waals surface area contributed by atoms with E-state index in [2.05, 4.69) is 66.7 Å². The van der Waals surface area contributed by atoms with Gasteiger partial charge in [-0.3, -0.25) is 9.36 Å². The monoisotopic (exact) mass is 852 g/mol. The molecule has 0 saturated carbocycles. The number of tetrazole rings is 1. The molecule has 9 rings (SSSR count). The van der Waals surface area contributed by atoms with Crippen LogP contribution >= 0.6 is 0 Å². The fraction of sp³-hybridized carbons (Fsp3) is 0.151. The predicted octanol–water partition coefficient (Wildman–Crippen LogP) is 11.5. The number of unbranched alkanes of at least 4 members (excludes halogenated alkanes) is 1. The van der Waals surface area contributed by atoms with Gasteiger partial charge in [-0.2, -0.15) is 13.2 Å². The Labute approximate surface area is 368 Å². The van der Waals surface area contributed by atoms with Gasteiger partial charge >= 0.3 is 6.18 Å². The second-order valence-electron chi connectivity index (χ2n) is 15.7. The highest BCUT2D eigenvalue weighted by Crippen LogP contribution is 2.43. The quantitative estimate of drug-likeness (QED) is 0.101. The number of benzene rings is 7. The zero-order valence-electron chi connectivity index (χ0n) is 35.0. The van der Waals surface area contributed by atoms with E-state index in [0.717, 1.165) is 63.9 Å². The number of ether oxygens (including phenoxy) is 1. The van der Waals surface area contributed by atoms with Gasteiger partial charge in [0, 0.05) is 12.0 Å². The minimum absolute atomic E-state index is 0.0185. The molecule has 0 saturated heterocycles. The van der Waals surface area contributed by atoms with E-state index in [1.165, 1.54) is 12.1 Å². The molecule has 0 aliphatic heterocycles. The van der Waals surface area contributed by atoms with Gasteiger partial charge in [0.25, 0.3) is 5.56 Å². The van der Waals surface area contributed by atoms with Crippen LogP contribution in [-0.2, 0) is 31.3 Å². The van der Waals surface area contributed by atoms with Crippen molar-refractivity contribution in [1.29, 1.82) is 0 Å². The normalized spacial score (nSPS) is 11.8. The summed E-state index contributed by atoms with van der Waals surface area (Å²) >= 11 is 0. The van der Waals surface area contributed by atoms with E-state index in [0.29, 0.717) is 41.1 Å². The summed E-state index contributed by atoms with van der Waals surface area (Å²) in [6.07, 6.45) is -2.07. The molecule has 2 heterocycles. The molecule has 0 N–H and O–H groups in total. The number of hydrogen-bond acceptors (Lipinski definition) is 6. The number of alkyl halides is 3. The van der Waals surface area contributed by atoms with Crippen LogP contribution in [0.5, 0.6) is 5.75 Å². The van der Waals surface area contributed by atoms with E-state index in [9.17, 15) is 18.0 Å². The van der Waals surface area contributed by atoms with Crippen LogP contribution in [0.2, 0.25) is 0 Å². The fourth-order valence-corrected chi connectivity index (χ4v) is 8.41. The van der Waals surface area contributed by atoms with Crippen molar-refractivity contribution in [3.8, 4) is 28.3 Å². The Balaban J connectivity index is 1.06. The molecule has 11 heteroatoms. The average Bonchev–Trinajstić information content (AvgIpc) is 3.83. The predicted molar refractivity (Wildman–Crippen MR) is 243 cm³/mol. The molecule has 9 aromatic rings. The number of fused-ring (bicyclic) bond motifs is 1. The molecular formula is C53H43F3N6O2. The summed E-state index contributed by atoms with van der Waals surface area (Å²) in [5.41, 5.74) is 5.91.